The molecule has 2 nitrogen and oxygen atoms in total. The number of aliphatic hydroxyl groups is 1. The summed E-state index contributed by atoms with van der Waals surface area (Å²) in [6, 6.07) is 9.37. The Hall–Kier alpha value is -1.25. The van der Waals surface area contributed by atoms with Gasteiger partial charge in [-0.3, -0.25) is 0 Å². The van der Waals surface area contributed by atoms with E-state index in [1.54, 1.807) is 13.0 Å². The summed E-state index contributed by atoms with van der Waals surface area (Å²) in [4.78, 5) is 0. The van der Waals surface area contributed by atoms with Crippen molar-refractivity contribution in [1.82, 2.24) is 0 Å². The number of aryl methyl sites for hydroxylation is 1. The maximum Gasteiger partial charge on any atom is 0.134 e. The van der Waals surface area contributed by atoms with Crippen molar-refractivity contribution in [2.24, 2.45) is 0 Å². The van der Waals surface area contributed by atoms with E-state index in [1.807, 2.05) is 31.2 Å². The second-order valence-electron chi connectivity index (χ2n) is 3.84. The van der Waals surface area contributed by atoms with E-state index in [2.05, 4.69) is 0 Å². The first-order chi connectivity index (χ1) is 7.58. The van der Waals surface area contributed by atoms with E-state index in [-0.39, 0.29) is 0 Å². The molecule has 1 heterocycles. The van der Waals surface area contributed by atoms with Crippen LogP contribution in [0, 0.1) is 6.92 Å². The fourth-order valence-corrected chi connectivity index (χ4v) is 1.66. The largest absolute Gasteiger partial charge is 0.458 e. The Morgan fingerprint density at radius 3 is 2.56 bits per heavy atom. The van der Waals surface area contributed by atoms with Gasteiger partial charge in [0.2, 0.25) is 0 Å². The molecule has 1 atom stereocenters. The molecule has 0 bridgehead atoms. The number of hydrogen-bond acceptors (Lipinski definition) is 2. The summed E-state index contributed by atoms with van der Waals surface area (Å²) in [5, 5.41) is 10.1. The highest BCUT2D eigenvalue weighted by Crippen LogP contribution is 2.28. The van der Waals surface area contributed by atoms with Gasteiger partial charge >= 0.3 is 0 Å². The van der Waals surface area contributed by atoms with Crippen molar-refractivity contribution in [2.45, 2.75) is 20.0 Å². The van der Waals surface area contributed by atoms with Crippen LogP contribution in [0.3, 0.4) is 0 Å². The maximum absolute atomic E-state index is 9.36. The number of rotatable bonds is 2. The highest BCUT2D eigenvalue weighted by atomic mass is 35.5. The zero-order chi connectivity index (χ0) is 11.7. The highest BCUT2D eigenvalue weighted by molar-refractivity contribution is 6.31. The maximum atomic E-state index is 9.36. The van der Waals surface area contributed by atoms with Crippen LogP contribution in [0.15, 0.2) is 34.7 Å². The summed E-state index contributed by atoms with van der Waals surface area (Å²) >= 11 is 6.04. The summed E-state index contributed by atoms with van der Waals surface area (Å²) in [6.45, 7) is 3.63. The highest BCUT2D eigenvalue weighted by Gasteiger charge is 2.09. The molecule has 0 radical (unpaired) electrons. The second-order valence-corrected chi connectivity index (χ2v) is 4.25. The van der Waals surface area contributed by atoms with E-state index in [0.29, 0.717) is 10.8 Å². The average Bonchev–Trinajstić information content (AvgIpc) is 2.71. The summed E-state index contributed by atoms with van der Waals surface area (Å²) in [5.41, 5.74) is 1.95. The first kappa shape index (κ1) is 11.2. The molecule has 2 rings (SSSR count). The Morgan fingerprint density at radius 1 is 1.25 bits per heavy atom. The summed E-state index contributed by atoms with van der Waals surface area (Å²) in [7, 11) is 0. The molecule has 0 saturated carbocycles. The van der Waals surface area contributed by atoms with Crippen LogP contribution >= 0.6 is 11.6 Å². The van der Waals surface area contributed by atoms with Gasteiger partial charge in [-0.05, 0) is 37.6 Å². The van der Waals surface area contributed by atoms with Gasteiger partial charge < -0.3 is 9.52 Å². The van der Waals surface area contributed by atoms with E-state index in [1.165, 1.54) is 0 Å². The molecule has 3 heteroatoms. The minimum atomic E-state index is -0.588. The summed E-state index contributed by atoms with van der Waals surface area (Å²) < 4.78 is 5.52. The number of halogens is 1. The van der Waals surface area contributed by atoms with Crippen LogP contribution in [0.25, 0.3) is 11.3 Å². The van der Waals surface area contributed by atoms with Gasteiger partial charge in [0.15, 0.2) is 0 Å². The van der Waals surface area contributed by atoms with Crippen molar-refractivity contribution < 1.29 is 9.52 Å². The summed E-state index contributed by atoms with van der Waals surface area (Å²) in [5.74, 6) is 1.28. The molecule has 1 aromatic heterocycles. The van der Waals surface area contributed by atoms with Crippen LogP contribution in [-0.2, 0) is 0 Å². The van der Waals surface area contributed by atoms with E-state index in [0.717, 1.165) is 16.9 Å². The van der Waals surface area contributed by atoms with E-state index < -0.39 is 6.10 Å². The quantitative estimate of drug-likeness (QED) is 0.856. The first-order valence-electron chi connectivity index (χ1n) is 5.12. The number of benzene rings is 1. The minimum Gasteiger partial charge on any atom is -0.458 e. The van der Waals surface area contributed by atoms with E-state index >= 15 is 0 Å². The first-order valence-corrected chi connectivity index (χ1v) is 5.50. The predicted octanol–water partition coefficient (Wildman–Crippen LogP) is 3.96. The monoisotopic (exact) mass is 236 g/mol. The molecule has 84 valence electrons. The third-order valence-corrected chi connectivity index (χ3v) is 2.90. The lowest BCUT2D eigenvalue weighted by atomic mass is 10.1. The molecule has 1 N–H and O–H groups in total. The zero-order valence-corrected chi connectivity index (χ0v) is 9.95. The predicted molar refractivity (Wildman–Crippen MR) is 64.5 cm³/mol. The third kappa shape index (κ3) is 2.13. The van der Waals surface area contributed by atoms with E-state index in [4.69, 9.17) is 16.0 Å². The Bertz CT molecular complexity index is 500. The molecule has 1 aromatic carbocycles. The van der Waals surface area contributed by atoms with E-state index in [9.17, 15) is 5.11 Å². The molecule has 16 heavy (non-hydrogen) atoms. The lowest BCUT2D eigenvalue weighted by Gasteiger charge is -2.02. The molecule has 0 aliphatic heterocycles. The molecule has 0 fully saturated rings. The van der Waals surface area contributed by atoms with Crippen LogP contribution < -0.4 is 0 Å². The lowest BCUT2D eigenvalue weighted by Crippen LogP contribution is -1.85. The number of furan rings is 1. The molecule has 0 amide bonds. The molecule has 0 aliphatic carbocycles. The Balaban J connectivity index is 2.39. The smallest absolute Gasteiger partial charge is 0.134 e. The van der Waals surface area contributed by atoms with Crippen molar-refractivity contribution in [3.05, 3.63) is 46.7 Å². The topological polar surface area (TPSA) is 33.4 Å². The molecule has 0 saturated heterocycles. The fourth-order valence-electron chi connectivity index (χ4n) is 1.48. The van der Waals surface area contributed by atoms with Gasteiger partial charge in [0.25, 0.3) is 0 Å². The number of hydrogen-bond donors (Lipinski definition) is 1. The van der Waals surface area contributed by atoms with Crippen molar-refractivity contribution in [3.63, 3.8) is 0 Å². The number of aliphatic hydroxyl groups excluding tert-OH is 1. The van der Waals surface area contributed by atoms with Gasteiger partial charge in [-0.15, -0.1) is 0 Å². The Morgan fingerprint density at radius 2 is 2.00 bits per heavy atom. The Labute approximate surface area is 99.5 Å². The van der Waals surface area contributed by atoms with Crippen LogP contribution in [-0.4, -0.2) is 5.11 Å². The average molecular weight is 237 g/mol. The van der Waals surface area contributed by atoms with Crippen molar-refractivity contribution >= 4 is 11.6 Å². The van der Waals surface area contributed by atoms with Gasteiger partial charge in [-0.25, -0.2) is 0 Å². The van der Waals surface area contributed by atoms with Gasteiger partial charge in [-0.1, -0.05) is 23.7 Å². The molecular weight excluding hydrogens is 224 g/mol. The van der Waals surface area contributed by atoms with Crippen molar-refractivity contribution in [3.8, 4) is 11.3 Å². The van der Waals surface area contributed by atoms with Crippen LogP contribution in [0.5, 0.6) is 0 Å². The molecular formula is C13H13ClO2. The summed E-state index contributed by atoms with van der Waals surface area (Å²) in [6.07, 6.45) is -0.588. The molecule has 1 unspecified atom stereocenters. The van der Waals surface area contributed by atoms with Crippen LogP contribution in [0.4, 0.5) is 0 Å². The normalized spacial score (nSPS) is 12.8. The van der Waals surface area contributed by atoms with Gasteiger partial charge in [0.05, 0.1) is 0 Å². The zero-order valence-electron chi connectivity index (χ0n) is 9.20. The minimum absolute atomic E-state index is 0.562. The molecule has 0 aliphatic rings. The SMILES string of the molecule is Cc1ccc(-c2ccc(C(C)O)o2)cc1Cl. The standard InChI is InChI=1S/C13H13ClO2/c1-8-3-4-10(7-11(8)14)13-6-5-12(16-13)9(2)15/h3-7,9,15H,1-2H3. The van der Waals surface area contributed by atoms with Crippen molar-refractivity contribution in [2.75, 3.05) is 0 Å². The molecule has 2 aromatic rings. The second kappa shape index (κ2) is 4.32. The van der Waals surface area contributed by atoms with Crippen LogP contribution in [0.1, 0.15) is 24.4 Å². The van der Waals surface area contributed by atoms with Crippen molar-refractivity contribution in [1.29, 1.82) is 0 Å². The molecule has 0 spiro atoms. The third-order valence-electron chi connectivity index (χ3n) is 2.49. The Kier molecular flexibility index (Phi) is 3.03. The van der Waals surface area contributed by atoms with Gasteiger partial charge in [0, 0.05) is 10.6 Å². The van der Waals surface area contributed by atoms with Gasteiger partial charge in [0.1, 0.15) is 17.6 Å². The lowest BCUT2D eigenvalue weighted by molar-refractivity contribution is 0.170. The fraction of sp³-hybridized carbons (Fsp3) is 0.231. The van der Waals surface area contributed by atoms with Gasteiger partial charge in [-0.2, -0.15) is 0 Å². The van der Waals surface area contributed by atoms with Crippen LogP contribution in [0.2, 0.25) is 5.02 Å².